The van der Waals surface area contributed by atoms with Crippen LogP contribution in [0, 0.1) is 0 Å². The fourth-order valence-electron chi connectivity index (χ4n) is 3.67. The average Bonchev–Trinajstić information content (AvgIpc) is 3.46. The van der Waals surface area contributed by atoms with Gasteiger partial charge >= 0.3 is 0 Å². The van der Waals surface area contributed by atoms with E-state index in [1.54, 1.807) is 17.0 Å². The van der Waals surface area contributed by atoms with Gasteiger partial charge in [0.1, 0.15) is 11.5 Å². The molecule has 0 aliphatic carbocycles. The molecule has 174 valence electrons. The summed E-state index contributed by atoms with van der Waals surface area (Å²) in [6.07, 6.45) is 1.75. The van der Waals surface area contributed by atoms with Gasteiger partial charge in [-0.2, -0.15) is 0 Å². The molecule has 0 bridgehead atoms. The first-order valence-electron chi connectivity index (χ1n) is 11.0. The number of furan rings is 1. The zero-order valence-electron chi connectivity index (χ0n) is 18.5. The third kappa shape index (κ3) is 5.38. The lowest BCUT2D eigenvalue weighted by atomic mass is 10.2. The van der Waals surface area contributed by atoms with Crippen molar-refractivity contribution in [2.24, 2.45) is 4.99 Å². The summed E-state index contributed by atoms with van der Waals surface area (Å²) in [7, 11) is 0. The molecule has 1 aliphatic rings. The molecule has 1 amide bonds. The van der Waals surface area contributed by atoms with E-state index in [1.807, 2.05) is 84.9 Å². The van der Waals surface area contributed by atoms with Gasteiger partial charge in [0.25, 0.3) is 5.91 Å². The van der Waals surface area contributed by atoms with Crippen molar-refractivity contribution < 1.29 is 9.21 Å². The molecule has 0 radical (unpaired) electrons. The maximum atomic E-state index is 13.4. The second kappa shape index (κ2) is 10.6. The van der Waals surface area contributed by atoms with Crippen molar-refractivity contribution >= 4 is 52.1 Å². The summed E-state index contributed by atoms with van der Waals surface area (Å²) >= 11 is 13.8. The van der Waals surface area contributed by atoms with E-state index in [4.69, 9.17) is 32.6 Å². The van der Waals surface area contributed by atoms with Crippen LogP contribution in [0.4, 0.5) is 0 Å². The lowest BCUT2D eigenvalue weighted by Gasteiger charge is -2.15. The summed E-state index contributed by atoms with van der Waals surface area (Å²) in [6.45, 7) is 0.937. The quantitative estimate of drug-likeness (QED) is 0.243. The molecule has 1 saturated heterocycles. The Hall–Kier alpha value is -3.25. The number of rotatable bonds is 6. The van der Waals surface area contributed by atoms with Gasteiger partial charge in [-0.25, -0.2) is 0 Å². The molecular weight excluding hydrogens is 499 g/mol. The van der Waals surface area contributed by atoms with Gasteiger partial charge in [-0.1, -0.05) is 89.9 Å². The predicted molar refractivity (Wildman–Crippen MR) is 144 cm³/mol. The van der Waals surface area contributed by atoms with Gasteiger partial charge in [0.2, 0.25) is 0 Å². The molecule has 4 aromatic rings. The maximum absolute atomic E-state index is 13.4. The van der Waals surface area contributed by atoms with Crippen LogP contribution in [0.25, 0.3) is 17.4 Å². The Kier molecular flexibility index (Phi) is 7.09. The number of aliphatic imine (C=N–C) groups is 1. The number of hydrogen-bond acceptors (Lipinski definition) is 4. The molecule has 0 N–H and O–H groups in total. The number of hydrogen-bond donors (Lipinski definition) is 0. The second-order valence-corrected chi connectivity index (χ2v) is 9.67. The summed E-state index contributed by atoms with van der Waals surface area (Å²) in [6, 6.07) is 28.9. The summed E-state index contributed by atoms with van der Waals surface area (Å²) < 4.78 is 5.99. The van der Waals surface area contributed by atoms with Gasteiger partial charge < -0.3 is 4.42 Å². The number of benzene rings is 3. The van der Waals surface area contributed by atoms with Gasteiger partial charge in [0.05, 0.1) is 28.0 Å². The highest BCUT2D eigenvalue weighted by Crippen LogP contribution is 2.37. The average molecular weight is 519 g/mol. The zero-order valence-corrected chi connectivity index (χ0v) is 20.9. The van der Waals surface area contributed by atoms with Crippen molar-refractivity contribution in [3.8, 4) is 11.3 Å². The van der Waals surface area contributed by atoms with E-state index in [9.17, 15) is 4.79 Å². The predicted octanol–water partition coefficient (Wildman–Crippen LogP) is 7.93. The third-order valence-corrected chi connectivity index (χ3v) is 7.29. The largest absolute Gasteiger partial charge is 0.457 e. The Morgan fingerprint density at radius 1 is 0.857 bits per heavy atom. The van der Waals surface area contributed by atoms with Crippen LogP contribution in [0.15, 0.2) is 105 Å². The van der Waals surface area contributed by atoms with E-state index in [0.717, 1.165) is 11.1 Å². The summed E-state index contributed by atoms with van der Waals surface area (Å²) in [5.74, 6) is 1.03. The summed E-state index contributed by atoms with van der Waals surface area (Å²) in [5, 5.41) is 1.55. The monoisotopic (exact) mass is 518 g/mol. The van der Waals surface area contributed by atoms with E-state index in [0.29, 0.717) is 50.3 Å². The Balaban J connectivity index is 1.43. The maximum Gasteiger partial charge on any atom is 0.267 e. The minimum Gasteiger partial charge on any atom is -0.457 e. The lowest BCUT2D eigenvalue weighted by molar-refractivity contribution is -0.122. The molecule has 3 aromatic carbocycles. The van der Waals surface area contributed by atoms with E-state index in [-0.39, 0.29) is 5.91 Å². The van der Waals surface area contributed by atoms with Crippen LogP contribution in [0.1, 0.15) is 16.9 Å². The molecule has 2 heterocycles. The molecule has 1 aromatic heterocycles. The molecule has 0 unspecified atom stereocenters. The normalized spacial score (nSPS) is 15.9. The molecule has 5 rings (SSSR count). The highest BCUT2D eigenvalue weighted by atomic mass is 35.5. The smallest absolute Gasteiger partial charge is 0.267 e. The number of halogens is 2. The van der Waals surface area contributed by atoms with E-state index >= 15 is 0 Å². The number of nitrogens with zero attached hydrogens (tertiary/aromatic N) is 2. The molecule has 35 heavy (non-hydrogen) atoms. The van der Waals surface area contributed by atoms with Crippen LogP contribution in [-0.2, 0) is 17.9 Å². The van der Waals surface area contributed by atoms with E-state index < -0.39 is 0 Å². The summed E-state index contributed by atoms with van der Waals surface area (Å²) in [4.78, 5) is 20.4. The fraction of sp³-hybridized carbons (Fsp3) is 0.0714. The van der Waals surface area contributed by atoms with Crippen LogP contribution in [0.5, 0.6) is 0 Å². The molecule has 1 fully saturated rings. The standard InChI is InChI=1S/C28H20Cl2N2O2S/c29-23-13-7-12-22(26(23)30)24-15-14-21(34-24)16-25-27(33)32(18-20-10-5-2-6-11-20)28(35-25)31-17-19-8-3-1-4-9-19/h1-16H,17-18H2/b25-16-,31-28?. The minimum atomic E-state index is -0.107. The molecule has 1 aliphatic heterocycles. The van der Waals surface area contributed by atoms with E-state index in [1.165, 1.54) is 11.8 Å². The molecular formula is C28H20Cl2N2O2S. The number of amides is 1. The first-order chi connectivity index (χ1) is 17.1. The first kappa shape index (κ1) is 23.5. The van der Waals surface area contributed by atoms with E-state index in [2.05, 4.69) is 0 Å². The number of thioether (sulfide) groups is 1. The van der Waals surface area contributed by atoms with Crippen molar-refractivity contribution in [2.75, 3.05) is 0 Å². The van der Waals surface area contributed by atoms with Crippen molar-refractivity contribution in [2.45, 2.75) is 13.1 Å². The minimum absolute atomic E-state index is 0.107. The second-order valence-electron chi connectivity index (χ2n) is 7.88. The van der Waals surface area contributed by atoms with Crippen LogP contribution in [0.2, 0.25) is 10.0 Å². The summed E-state index contributed by atoms with van der Waals surface area (Å²) in [5.41, 5.74) is 2.82. The van der Waals surface area contributed by atoms with Gasteiger partial charge in [-0.05, 0) is 47.2 Å². The number of carbonyl (C=O) groups excluding carboxylic acids is 1. The van der Waals surface area contributed by atoms with Crippen molar-refractivity contribution in [3.63, 3.8) is 0 Å². The van der Waals surface area contributed by atoms with Crippen molar-refractivity contribution in [1.29, 1.82) is 0 Å². The van der Waals surface area contributed by atoms with Gasteiger partial charge in [-0.3, -0.25) is 14.7 Å². The highest BCUT2D eigenvalue weighted by molar-refractivity contribution is 8.18. The zero-order chi connectivity index (χ0) is 24.2. The lowest BCUT2D eigenvalue weighted by Crippen LogP contribution is -2.28. The Morgan fingerprint density at radius 2 is 1.57 bits per heavy atom. The Morgan fingerprint density at radius 3 is 2.31 bits per heavy atom. The highest BCUT2D eigenvalue weighted by Gasteiger charge is 2.33. The Bertz CT molecular complexity index is 1420. The van der Waals surface area contributed by atoms with Crippen molar-refractivity contribution in [3.05, 3.63) is 123 Å². The number of carbonyl (C=O) groups is 1. The number of amidine groups is 1. The molecule has 4 nitrogen and oxygen atoms in total. The SMILES string of the molecule is O=C1/C(=C/c2ccc(-c3cccc(Cl)c3Cl)o2)SC(=NCc2ccccc2)N1Cc1ccccc1. The van der Waals surface area contributed by atoms with Gasteiger partial charge in [0, 0.05) is 11.6 Å². The van der Waals surface area contributed by atoms with Crippen LogP contribution in [-0.4, -0.2) is 16.0 Å². The molecule has 0 spiro atoms. The first-order valence-corrected chi connectivity index (χ1v) is 12.5. The van der Waals surface area contributed by atoms with Crippen LogP contribution in [0.3, 0.4) is 0 Å². The molecule has 0 atom stereocenters. The topological polar surface area (TPSA) is 45.8 Å². The van der Waals surface area contributed by atoms with Gasteiger partial charge in [-0.15, -0.1) is 0 Å². The fourth-order valence-corrected chi connectivity index (χ4v) is 5.02. The van der Waals surface area contributed by atoms with Gasteiger partial charge in [0.15, 0.2) is 5.17 Å². The van der Waals surface area contributed by atoms with Crippen LogP contribution >= 0.6 is 35.0 Å². The molecule has 0 saturated carbocycles. The molecule has 7 heteroatoms. The van der Waals surface area contributed by atoms with Crippen molar-refractivity contribution in [1.82, 2.24) is 4.90 Å². The van der Waals surface area contributed by atoms with Crippen LogP contribution < -0.4 is 0 Å². The Labute approximate surface area is 217 Å². The third-order valence-electron chi connectivity index (χ3n) is 5.43.